The Morgan fingerprint density at radius 2 is 1.90 bits per heavy atom. The van der Waals surface area contributed by atoms with Crippen molar-refractivity contribution in [1.82, 2.24) is 5.32 Å². The summed E-state index contributed by atoms with van der Waals surface area (Å²) < 4.78 is 0. The van der Waals surface area contributed by atoms with Crippen LogP contribution in [0.4, 0.5) is 0 Å². The Labute approximate surface area is 122 Å². The highest BCUT2D eigenvalue weighted by Crippen LogP contribution is 2.13. The zero-order valence-corrected chi connectivity index (χ0v) is 11.3. The van der Waals surface area contributed by atoms with Crippen molar-refractivity contribution in [2.45, 2.75) is 0 Å². The van der Waals surface area contributed by atoms with Crippen LogP contribution in [-0.2, 0) is 0 Å². The lowest BCUT2D eigenvalue weighted by Crippen LogP contribution is -2.21. The second-order valence-electron chi connectivity index (χ2n) is 4.04. The Balaban J connectivity index is 2.18. The molecule has 0 radical (unpaired) electrons. The number of amides is 1. The summed E-state index contributed by atoms with van der Waals surface area (Å²) in [5.41, 5.74) is 1.42. The second kappa shape index (κ2) is 6.55. The lowest BCUT2D eigenvalue weighted by molar-refractivity contribution is 0.0968. The van der Waals surface area contributed by atoms with Gasteiger partial charge in [0.2, 0.25) is 0 Å². The van der Waals surface area contributed by atoms with Crippen molar-refractivity contribution < 1.29 is 4.79 Å². The quantitative estimate of drug-likeness (QED) is 0.874. The smallest absolute Gasteiger partial charge is 0.256 e. The van der Waals surface area contributed by atoms with E-state index in [1.807, 2.05) is 12.1 Å². The fraction of sp³-hybridized carbons (Fsp3) is 0. The lowest BCUT2D eigenvalue weighted by Gasteiger charge is -2.03. The van der Waals surface area contributed by atoms with Crippen LogP contribution in [0.2, 0.25) is 5.02 Å². The first-order valence-corrected chi connectivity index (χ1v) is 6.30. The van der Waals surface area contributed by atoms with Gasteiger partial charge < -0.3 is 5.32 Å². The number of nitrogens with one attached hydrogen (secondary N) is 1. The molecule has 2 aromatic carbocycles. The summed E-state index contributed by atoms with van der Waals surface area (Å²) in [5.74, 6) is -0.319. The van der Waals surface area contributed by atoms with Gasteiger partial charge in [0, 0.05) is 10.6 Å². The van der Waals surface area contributed by atoms with Crippen molar-refractivity contribution in [2.75, 3.05) is 0 Å². The Morgan fingerprint density at radius 1 is 1.15 bits per heavy atom. The molecule has 0 unspecified atom stereocenters. The van der Waals surface area contributed by atoms with Crippen LogP contribution in [0.3, 0.4) is 0 Å². The van der Waals surface area contributed by atoms with E-state index in [-0.39, 0.29) is 11.6 Å². The summed E-state index contributed by atoms with van der Waals surface area (Å²) in [6, 6.07) is 17.7. The van der Waals surface area contributed by atoms with E-state index in [1.165, 1.54) is 0 Å². The van der Waals surface area contributed by atoms with Gasteiger partial charge in [-0.15, -0.1) is 0 Å². The molecule has 0 aliphatic heterocycles. The maximum atomic E-state index is 11.9. The van der Waals surface area contributed by atoms with Gasteiger partial charge in [0.15, 0.2) is 0 Å². The van der Waals surface area contributed by atoms with Gasteiger partial charge in [-0.3, -0.25) is 4.79 Å². The van der Waals surface area contributed by atoms with Gasteiger partial charge >= 0.3 is 0 Å². The molecule has 0 aliphatic rings. The zero-order chi connectivity index (χ0) is 14.4. The van der Waals surface area contributed by atoms with Crippen LogP contribution < -0.4 is 5.32 Å². The maximum absolute atomic E-state index is 11.9. The number of nitriles is 1. The van der Waals surface area contributed by atoms with Crippen LogP contribution in [-0.4, -0.2) is 5.91 Å². The van der Waals surface area contributed by atoms with Crippen molar-refractivity contribution in [3.8, 4) is 6.07 Å². The van der Waals surface area contributed by atoms with Gasteiger partial charge in [-0.05, 0) is 35.9 Å². The molecule has 2 aromatic rings. The number of hydrogen-bond donors (Lipinski definition) is 1. The van der Waals surface area contributed by atoms with Crippen LogP contribution in [0.1, 0.15) is 15.9 Å². The van der Waals surface area contributed by atoms with E-state index in [2.05, 4.69) is 5.32 Å². The number of allylic oxidation sites excluding steroid dienone is 1. The molecule has 0 heterocycles. The molecule has 0 aromatic heterocycles. The number of rotatable bonds is 3. The first-order valence-electron chi connectivity index (χ1n) is 5.93. The number of benzene rings is 2. The number of hydrogen-bond acceptors (Lipinski definition) is 2. The molecule has 3 nitrogen and oxygen atoms in total. The van der Waals surface area contributed by atoms with E-state index < -0.39 is 0 Å². The molecule has 1 N–H and O–H groups in total. The first kappa shape index (κ1) is 13.9. The highest BCUT2D eigenvalue weighted by atomic mass is 35.5. The van der Waals surface area contributed by atoms with E-state index in [4.69, 9.17) is 16.9 Å². The SMILES string of the molecule is N#C/C(=C/c1cccc(Cl)c1)NC(=O)c1ccccc1. The normalized spacial score (nSPS) is 10.7. The lowest BCUT2D eigenvalue weighted by atomic mass is 10.2. The molecule has 2 rings (SSSR count). The van der Waals surface area contributed by atoms with Crippen molar-refractivity contribution in [2.24, 2.45) is 0 Å². The van der Waals surface area contributed by atoms with E-state index in [0.29, 0.717) is 10.6 Å². The summed E-state index contributed by atoms with van der Waals surface area (Å²) in [6.45, 7) is 0. The fourth-order valence-electron chi connectivity index (χ4n) is 1.64. The van der Waals surface area contributed by atoms with Crippen LogP contribution in [0.15, 0.2) is 60.3 Å². The molecular weight excluding hydrogens is 272 g/mol. The van der Waals surface area contributed by atoms with Crippen molar-refractivity contribution >= 4 is 23.6 Å². The second-order valence-corrected chi connectivity index (χ2v) is 4.48. The van der Waals surface area contributed by atoms with E-state index >= 15 is 0 Å². The largest absolute Gasteiger partial charge is 0.313 e. The fourth-order valence-corrected chi connectivity index (χ4v) is 1.84. The average Bonchev–Trinajstić information content (AvgIpc) is 2.47. The first-order chi connectivity index (χ1) is 9.69. The summed E-state index contributed by atoms with van der Waals surface area (Å²) in [6.07, 6.45) is 1.58. The summed E-state index contributed by atoms with van der Waals surface area (Å²) in [5, 5.41) is 12.2. The Kier molecular flexibility index (Phi) is 4.54. The van der Waals surface area contributed by atoms with Crippen LogP contribution in [0.5, 0.6) is 0 Å². The molecule has 0 bridgehead atoms. The third-order valence-corrected chi connectivity index (χ3v) is 2.80. The third kappa shape index (κ3) is 3.71. The van der Waals surface area contributed by atoms with Crippen molar-refractivity contribution in [3.05, 3.63) is 76.4 Å². The molecule has 0 saturated heterocycles. The number of carbonyl (C=O) groups is 1. The monoisotopic (exact) mass is 282 g/mol. The average molecular weight is 283 g/mol. The van der Waals surface area contributed by atoms with Gasteiger partial charge in [-0.2, -0.15) is 5.26 Å². The van der Waals surface area contributed by atoms with Crippen molar-refractivity contribution in [3.63, 3.8) is 0 Å². The van der Waals surface area contributed by atoms with E-state index in [0.717, 1.165) is 5.56 Å². The molecule has 4 heteroatoms. The number of carbonyl (C=O) groups excluding carboxylic acids is 1. The Bertz CT molecular complexity index is 687. The van der Waals surface area contributed by atoms with Gasteiger partial charge in [-0.1, -0.05) is 41.9 Å². The minimum atomic E-state index is -0.319. The zero-order valence-electron chi connectivity index (χ0n) is 10.5. The number of halogens is 1. The highest BCUT2D eigenvalue weighted by Gasteiger charge is 2.06. The predicted octanol–water partition coefficient (Wildman–Crippen LogP) is 3.63. The molecule has 0 atom stereocenters. The minimum Gasteiger partial charge on any atom is -0.313 e. The van der Waals surface area contributed by atoms with Gasteiger partial charge in [0.1, 0.15) is 11.8 Å². The predicted molar refractivity (Wildman–Crippen MR) is 79.0 cm³/mol. The minimum absolute atomic E-state index is 0.168. The van der Waals surface area contributed by atoms with Gasteiger partial charge in [0.05, 0.1) is 0 Å². The maximum Gasteiger partial charge on any atom is 0.256 e. The topological polar surface area (TPSA) is 52.9 Å². The summed E-state index contributed by atoms with van der Waals surface area (Å²) >= 11 is 5.87. The standard InChI is InChI=1S/C16H11ClN2O/c17-14-8-4-5-12(9-14)10-15(11-18)19-16(20)13-6-2-1-3-7-13/h1-10H,(H,19,20)/b15-10-. The molecule has 0 saturated carbocycles. The van der Waals surface area contributed by atoms with Gasteiger partial charge in [0.25, 0.3) is 5.91 Å². The molecular formula is C16H11ClN2O. The Hall–Kier alpha value is -2.57. The number of nitrogens with zero attached hydrogens (tertiary/aromatic N) is 1. The van der Waals surface area contributed by atoms with E-state index in [9.17, 15) is 4.79 Å². The van der Waals surface area contributed by atoms with Crippen molar-refractivity contribution in [1.29, 1.82) is 5.26 Å². The molecule has 0 fully saturated rings. The summed E-state index contributed by atoms with van der Waals surface area (Å²) in [4.78, 5) is 11.9. The highest BCUT2D eigenvalue weighted by molar-refractivity contribution is 6.30. The molecule has 20 heavy (non-hydrogen) atoms. The molecule has 0 aliphatic carbocycles. The Morgan fingerprint density at radius 3 is 2.55 bits per heavy atom. The van der Waals surface area contributed by atoms with Crippen LogP contribution in [0.25, 0.3) is 6.08 Å². The third-order valence-electron chi connectivity index (χ3n) is 2.56. The molecule has 1 amide bonds. The molecule has 98 valence electrons. The van der Waals surface area contributed by atoms with E-state index in [1.54, 1.807) is 54.6 Å². The molecule has 0 spiro atoms. The van der Waals surface area contributed by atoms with Crippen LogP contribution >= 0.6 is 11.6 Å². The van der Waals surface area contributed by atoms with Gasteiger partial charge in [-0.25, -0.2) is 0 Å². The van der Waals surface area contributed by atoms with Crippen LogP contribution in [0, 0.1) is 11.3 Å². The summed E-state index contributed by atoms with van der Waals surface area (Å²) in [7, 11) is 0.